The molecule has 19 heavy (non-hydrogen) atoms. The molecule has 1 saturated heterocycles. The third kappa shape index (κ3) is 4.04. The first kappa shape index (κ1) is 15.0. The lowest BCUT2D eigenvalue weighted by atomic mass is 9.88. The predicted molar refractivity (Wildman–Crippen MR) is 82.7 cm³/mol. The van der Waals surface area contributed by atoms with Gasteiger partial charge < -0.3 is 10.2 Å². The molecule has 2 fully saturated rings. The van der Waals surface area contributed by atoms with Crippen LogP contribution in [0.1, 0.15) is 51.9 Å². The van der Waals surface area contributed by atoms with Gasteiger partial charge in [-0.25, -0.2) is 4.79 Å². The van der Waals surface area contributed by atoms with Crippen molar-refractivity contribution in [3.8, 4) is 0 Å². The quantitative estimate of drug-likeness (QED) is 0.860. The summed E-state index contributed by atoms with van der Waals surface area (Å²) in [5.41, 5.74) is 0. The molecule has 1 aliphatic carbocycles. The summed E-state index contributed by atoms with van der Waals surface area (Å²) in [6.07, 6.45) is 11.1. The first-order valence-electron chi connectivity index (χ1n) is 7.73. The Morgan fingerprint density at radius 1 is 1.32 bits per heavy atom. The molecular weight excluding hydrogens is 256 g/mol. The topological polar surface area (TPSA) is 32.3 Å². The van der Waals surface area contributed by atoms with E-state index in [-0.39, 0.29) is 6.03 Å². The second-order valence-corrected chi connectivity index (χ2v) is 7.57. The minimum atomic E-state index is 0.158. The van der Waals surface area contributed by atoms with E-state index in [1.807, 2.05) is 16.7 Å². The van der Waals surface area contributed by atoms with E-state index in [9.17, 15) is 4.79 Å². The van der Waals surface area contributed by atoms with Gasteiger partial charge in [-0.05, 0) is 37.9 Å². The number of piperidine rings is 1. The average molecular weight is 284 g/mol. The summed E-state index contributed by atoms with van der Waals surface area (Å²) in [6, 6.07) is 0.158. The molecule has 3 nitrogen and oxygen atoms in total. The molecule has 0 bridgehead atoms. The number of hydrogen-bond donors (Lipinski definition) is 1. The van der Waals surface area contributed by atoms with Crippen molar-refractivity contribution in [2.75, 3.05) is 25.9 Å². The monoisotopic (exact) mass is 284 g/mol. The highest BCUT2D eigenvalue weighted by Crippen LogP contribution is 2.38. The number of thioether (sulfide) groups is 1. The molecule has 0 aromatic carbocycles. The molecule has 1 heterocycles. The van der Waals surface area contributed by atoms with E-state index in [4.69, 9.17) is 0 Å². The van der Waals surface area contributed by atoms with Gasteiger partial charge in [-0.1, -0.05) is 26.2 Å². The maximum Gasteiger partial charge on any atom is 0.317 e. The zero-order valence-corrected chi connectivity index (χ0v) is 13.2. The highest BCUT2D eigenvalue weighted by atomic mass is 32.2. The molecule has 1 N–H and O–H groups in total. The third-order valence-electron chi connectivity index (χ3n) is 4.70. The van der Waals surface area contributed by atoms with Gasteiger partial charge in [0.2, 0.25) is 0 Å². The first-order valence-corrected chi connectivity index (χ1v) is 8.96. The maximum absolute atomic E-state index is 12.3. The first-order chi connectivity index (χ1) is 9.15. The Hall–Kier alpha value is -0.380. The summed E-state index contributed by atoms with van der Waals surface area (Å²) < 4.78 is 0.301. The smallest absolute Gasteiger partial charge is 0.317 e. The highest BCUT2D eigenvalue weighted by molar-refractivity contribution is 8.00. The molecule has 0 aromatic rings. The summed E-state index contributed by atoms with van der Waals surface area (Å²) in [5.74, 6) is 0.656. The number of carbonyl (C=O) groups excluding carboxylic acids is 1. The molecule has 0 spiro atoms. The average Bonchev–Trinajstić information content (AvgIpc) is 2.46. The van der Waals surface area contributed by atoms with Gasteiger partial charge in [-0.2, -0.15) is 11.8 Å². The summed E-state index contributed by atoms with van der Waals surface area (Å²) in [7, 11) is 0. The summed E-state index contributed by atoms with van der Waals surface area (Å²) >= 11 is 1.95. The molecule has 110 valence electrons. The molecule has 1 unspecified atom stereocenters. The van der Waals surface area contributed by atoms with Gasteiger partial charge in [0.15, 0.2) is 0 Å². The van der Waals surface area contributed by atoms with Crippen molar-refractivity contribution in [1.29, 1.82) is 0 Å². The number of nitrogens with zero attached hydrogens (tertiary/aromatic N) is 1. The van der Waals surface area contributed by atoms with Crippen molar-refractivity contribution in [2.24, 2.45) is 5.92 Å². The van der Waals surface area contributed by atoms with E-state index >= 15 is 0 Å². The van der Waals surface area contributed by atoms with Crippen LogP contribution in [0.3, 0.4) is 0 Å². The Kier molecular flexibility index (Phi) is 5.43. The molecule has 2 amide bonds. The van der Waals surface area contributed by atoms with Gasteiger partial charge in [0, 0.05) is 24.4 Å². The minimum absolute atomic E-state index is 0.158. The van der Waals surface area contributed by atoms with Gasteiger partial charge in [0.25, 0.3) is 0 Å². The Labute approximate surface area is 121 Å². The number of carbonyl (C=O) groups is 1. The van der Waals surface area contributed by atoms with Crippen molar-refractivity contribution < 1.29 is 4.79 Å². The van der Waals surface area contributed by atoms with E-state index in [0.29, 0.717) is 10.7 Å². The lowest BCUT2D eigenvalue weighted by Gasteiger charge is -2.37. The van der Waals surface area contributed by atoms with E-state index < -0.39 is 0 Å². The van der Waals surface area contributed by atoms with E-state index in [1.54, 1.807) is 0 Å². The standard InChI is InChI=1S/C15H28N2OS/c1-13-7-6-10-17(11-13)14(18)16-12-15(19-2)8-4-3-5-9-15/h13H,3-12H2,1-2H3,(H,16,18). The molecule has 1 aliphatic heterocycles. The van der Waals surface area contributed by atoms with Gasteiger partial charge in [-0.3, -0.25) is 0 Å². The number of likely N-dealkylation sites (tertiary alicyclic amines) is 1. The van der Waals surface area contributed by atoms with Crippen LogP contribution in [0.15, 0.2) is 0 Å². The molecule has 2 aliphatic rings. The predicted octanol–water partition coefficient (Wildman–Crippen LogP) is 3.49. The van der Waals surface area contributed by atoms with Gasteiger partial charge in [-0.15, -0.1) is 0 Å². The summed E-state index contributed by atoms with van der Waals surface area (Å²) in [5, 5.41) is 3.20. The van der Waals surface area contributed by atoms with Crippen LogP contribution in [0.25, 0.3) is 0 Å². The van der Waals surface area contributed by atoms with Crippen LogP contribution >= 0.6 is 11.8 Å². The molecule has 0 radical (unpaired) electrons. The summed E-state index contributed by atoms with van der Waals surface area (Å²) in [6.45, 7) is 4.95. The fraction of sp³-hybridized carbons (Fsp3) is 0.933. The number of urea groups is 1. The Balaban J connectivity index is 1.81. The lowest BCUT2D eigenvalue weighted by molar-refractivity contribution is 0.168. The Bertz CT molecular complexity index is 303. The van der Waals surface area contributed by atoms with Gasteiger partial charge in [0.05, 0.1) is 0 Å². The number of hydrogen-bond acceptors (Lipinski definition) is 2. The zero-order chi connectivity index (χ0) is 13.7. The SMILES string of the molecule is CSC1(CNC(=O)N2CCCC(C)C2)CCCCC1. The van der Waals surface area contributed by atoms with Crippen molar-refractivity contribution in [2.45, 2.75) is 56.6 Å². The molecule has 1 saturated carbocycles. The van der Waals surface area contributed by atoms with Gasteiger partial charge >= 0.3 is 6.03 Å². The molecule has 4 heteroatoms. The van der Waals surface area contributed by atoms with E-state index in [0.717, 1.165) is 26.1 Å². The lowest BCUT2D eigenvalue weighted by Crippen LogP contribution is -2.49. The fourth-order valence-electron chi connectivity index (χ4n) is 3.37. The van der Waals surface area contributed by atoms with Crippen LogP contribution in [0.5, 0.6) is 0 Å². The number of rotatable bonds is 3. The van der Waals surface area contributed by atoms with Crippen LogP contribution in [0.4, 0.5) is 4.79 Å². The van der Waals surface area contributed by atoms with Crippen LogP contribution in [0, 0.1) is 5.92 Å². The minimum Gasteiger partial charge on any atom is -0.337 e. The summed E-state index contributed by atoms with van der Waals surface area (Å²) in [4.78, 5) is 14.3. The Morgan fingerprint density at radius 3 is 2.68 bits per heavy atom. The van der Waals surface area contributed by atoms with Crippen LogP contribution in [0.2, 0.25) is 0 Å². The third-order valence-corrected chi connectivity index (χ3v) is 6.12. The molecule has 1 atom stereocenters. The van der Waals surface area contributed by atoms with Gasteiger partial charge in [0.1, 0.15) is 0 Å². The van der Waals surface area contributed by atoms with E-state index in [1.165, 1.54) is 38.5 Å². The van der Waals surface area contributed by atoms with Crippen molar-refractivity contribution in [3.63, 3.8) is 0 Å². The highest BCUT2D eigenvalue weighted by Gasteiger charge is 2.32. The van der Waals surface area contributed by atoms with Crippen molar-refractivity contribution >= 4 is 17.8 Å². The van der Waals surface area contributed by atoms with Crippen molar-refractivity contribution in [1.82, 2.24) is 10.2 Å². The number of amides is 2. The molecule has 0 aromatic heterocycles. The fourth-order valence-corrected chi connectivity index (χ4v) is 4.28. The zero-order valence-electron chi connectivity index (χ0n) is 12.4. The normalized spacial score (nSPS) is 27.1. The van der Waals surface area contributed by atoms with Crippen LogP contribution in [-0.2, 0) is 0 Å². The second-order valence-electron chi connectivity index (χ2n) is 6.30. The van der Waals surface area contributed by atoms with Crippen molar-refractivity contribution in [3.05, 3.63) is 0 Å². The Morgan fingerprint density at radius 2 is 2.05 bits per heavy atom. The number of nitrogens with one attached hydrogen (secondary N) is 1. The molecular formula is C15H28N2OS. The van der Waals surface area contributed by atoms with E-state index in [2.05, 4.69) is 18.5 Å². The van der Waals surface area contributed by atoms with Crippen LogP contribution in [-0.4, -0.2) is 41.6 Å². The molecule has 2 rings (SSSR count). The second kappa shape index (κ2) is 6.87. The maximum atomic E-state index is 12.3. The van der Waals surface area contributed by atoms with Crippen LogP contribution < -0.4 is 5.32 Å². The largest absolute Gasteiger partial charge is 0.337 e.